The molecule has 0 N–H and O–H groups in total. The quantitative estimate of drug-likeness (QED) is 0.624. The van der Waals surface area contributed by atoms with Gasteiger partial charge < -0.3 is 0 Å². The lowest BCUT2D eigenvalue weighted by atomic mass is 9.71. The van der Waals surface area contributed by atoms with Crippen molar-refractivity contribution in [3.05, 3.63) is 23.8 Å². The fourth-order valence-corrected chi connectivity index (χ4v) is 2.47. The number of carbonyl (C=O) groups excluding carboxylic acids is 1. The van der Waals surface area contributed by atoms with E-state index in [-0.39, 0.29) is 11.2 Å². The summed E-state index contributed by atoms with van der Waals surface area (Å²) in [7, 11) is 0. The summed E-state index contributed by atoms with van der Waals surface area (Å²) in [5.41, 5.74) is 2.42. The number of allylic oxidation sites excluding steroid dienone is 3. The summed E-state index contributed by atoms with van der Waals surface area (Å²) in [6.07, 6.45) is 5.61. The molecule has 0 unspecified atom stereocenters. The van der Waals surface area contributed by atoms with E-state index in [0.717, 1.165) is 18.4 Å². The van der Waals surface area contributed by atoms with E-state index in [4.69, 9.17) is 0 Å². The van der Waals surface area contributed by atoms with Crippen LogP contribution in [0.25, 0.3) is 0 Å². The first-order chi connectivity index (χ1) is 6.49. The lowest BCUT2D eigenvalue weighted by Crippen LogP contribution is -2.25. The van der Waals surface area contributed by atoms with Gasteiger partial charge in [-0.05, 0) is 37.2 Å². The van der Waals surface area contributed by atoms with Crippen LogP contribution in [0, 0.1) is 5.41 Å². The Labute approximate surface area is 86.9 Å². The molecule has 0 fully saturated rings. The van der Waals surface area contributed by atoms with Crippen molar-refractivity contribution >= 4 is 5.78 Å². The molecule has 1 nitrogen and oxygen atoms in total. The third-order valence-electron chi connectivity index (χ3n) is 3.07. The van der Waals surface area contributed by atoms with Gasteiger partial charge in [0, 0.05) is 6.42 Å². The predicted molar refractivity (Wildman–Crippen MR) is 60.2 cm³/mol. The lowest BCUT2D eigenvalue weighted by Gasteiger charge is -2.33. The Morgan fingerprint density at radius 3 is 2.71 bits per heavy atom. The van der Waals surface area contributed by atoms with Crippen molar-refractivity contribution in [2.75, 3.05) is 0 Å². The van der Waals surface area contributed by atoms with Crippen molar-refractivity contribution < 1.29 is 4.79 Å². The third-order valence-corrected chi connectivity index (χ3v) is 3.07. The molecule has 0 heterocycles. The van der Waals surface area contributed by atoms with Crippen LogP contribution in [-0.2, 0) is 4.79 Å². The Bertz CT molecular complexity index is 282. The van der Waals surface area contributed by atoms with Gasteiger partial charge in [-0.2, -0.15) is 0 Å². The van der Waals surface area contributed by atoms with Crippen LogP contribution in [-0.4, -0.2) is 5.78 Å². The van der Waals surface area contributed by atoms with Gasteiger partial charge in [0.25, 0.3) is 0 Å². The molecule has 78 valence electrons. The summed E-state index contributed by atoms with van der Waals surface area (Å²) in [6.45, 7) is 10.1. The van der Waals surface area contributed by atoms with Gasteiger partial charge in [0.2, 0.25) is 0 Å². The van der Waals surface area contributed by atoms with Crippen LogP contribution in [0.15, 0.2) is 23.8 Å². The van der Waals surface area contributed by atoms with Crippen LogP contribution >= 0.6 is 0 Å². The van der Waals surface area contributed by atoms with E-state index in [1.54, 1.807) is 6.08 Å². The van der Waals surface area contributed by atoms with Crippen molar-refractivity contribution in [1.29, 1.82) is 0 Å². The Kier molecular flexibility index (Phi) is 3.30. The minimum Gasteiger partial charge on any atom is -0.294 e. The molecule has 1 aliphatic carbocycles. The number of ketones is 1. The Morgan fingerprint density at radius 1 is 1.57 bits per heavy atom. The van der Waals surface area contributed by atoms with Crippen LogP contribution in [0.5, 0.6) is 0 Å². The summed E-state index contributed by atoms with van der Waals surface area (Å²) in [6, 6.07) is 0. The Morgan fingerprint density at radius 2 is 2.21 bits per heavy atom. The molecule has 0 amide bonds. The highest BCUT2D eigenvalue weighted by Crippen LogP contribution is 2.40. The molecule has 0 saturated carbocycles. The first-order valence-electron chi connectivity index (χ1n) is 5.33. The van der Waals surface area contributed by atoms with Crippen LogP contribution in [0.2, 0.25) is 0 Å². The molecule has 0 atom stereocenters. The molecule has 0 radical (unpaired) electrons. The molecule has 1 aliphatic rings. The van der Waals surface area contributed by atoms with Crippen molar-refractivity contribution in [2.45, 2.75) is 46.5 Å². The van der Waals surface area contributed by atoms with Gasteiger partial charge in [0.05, 0.1) is 0 Å². The standard InChI is InChI=1S/C13H20O/c1-5-7-11(14)12-10(2)8-6-9-13(12,3)4/h5H,1,6-9H2,2-4H3. The van der Waals surface area contributed by atoms with Gasteiger partial charge in [-0.25, -0.2) is 0 Å². The maximum Gasteiger partial charge on any atom is 0.163 e. The van der Waals surface area contributed by atoms with Gasteiger partial charge >= 0.3 is 0 Å². The highest BCUT2D eigenvalue weighted by molar-refractivity contribution is 5.98. The van der Waals surface area contributed by atoms with E-state index in [9.17, 15) is 4.79 Å². The zero-order valence-electron chi connectivity index (χ0n) is 9.52. The Hall–Kier alpha value is -0.850. The van der Waals surface area contributed by atoms with Crippen molar-refractivity contribution in [2.24, 2.45) is 5.41 Å². The van der Waals surface area contributed by atoms with Crippen LogP contribution in [0.4, 0.5) is 0 Å². The fourth-order valence-electron chi connectivity index (χ4n) is 2.47. The molecule has 0 aliphatic heterocycles. The van der Waals surface area contributed by atoms with Crippen LogP contribution in [0.1, 0.15) is 46.5 Å². The van der Waals surface area contributed by atoms with Crippen molar-refractivity contribution in [3.8, 4) is 0 Å². The number of rotatable bonds is 3. The summed E-state index contributed by atoms with van der Waals surface area (Å²) in [5, 5.41) is 0. The molecule has 0 aromatic carbocycles. The van der Waals surface area contributed by atoms with E-state index in [1.807, 2.05) is 0 Å². The largest absolute Gasteiger partial charge is 0.294 e. The summed E-state index contributed by atoms with van der Waals surface area (Å²) < 4.78 is 0. The Balaban J connectivity index is 3.01. The van der Waals surface area contributed by atoms with Crippen LogP contribution < -0.4 is 0 Å². The summed E-state index contributed by atoms with van der Waals surface area (Å²) >= 11 is 0. The predicted octanol–water partition coefficient (Wildman–Crippen LogP) is 3.66. The second-order valence-electron chi connectivity index (χ2n) is 4.81. The van der Waals surface area contributed by atoms with E-state index >= 15 is 0 Å². The molecule has 0 aromatic heterocycles. The van der Waals surface area contributed by atoms with Gasteiger partial charge in [0.15, 0.2) is 5.78 Å². The number of Topliss-reactive ketones (excluding diaryl/α,β-unsaturated/α-hetero) is 1. The molecular weight excluding hydrogens is 172 g/mol. The van der Waals surface area contributed by atoms with E-state index < -0.39 is 0 Å². The van der Waals surface area contributed by atoms with Crippen LogP contribution in [0.3, 0.4) is 0 Å². The fraction of sp³-hybridized carbons (Fsp3) is 0.615. The molecule has 0 saturated heterocycles. The van der Waals surface area contributed by atoms with Gasteiger partial charge in [-0.15, -0.1) is 6.58 Å². The smallest absolute Gasteiger partial charge is 0.163 e. The average molecular weight is 192 g/mol. The summed E-state index contributed by atoms with van der Waals surface area (Å²) in [5.74, 6) is 0.266. The monoisotopic (exact) mass is 192 g/mol. The highest BCUT2D eigenvalue weighted by Gasteiger charge is 2.31. The normalized spacial score (nSPS) is 20.8. The van der Waals surface area contributed by atoms with Gasteiger partial charge in [-0.3, -0.25) is 4.79 Å². The molecule has 0 aromatic rings. The summed E-state index contributed by atoms with van der Waals surface area (Å²) in [4.78, 5) is 11.9. The van der Waals surface area contributed by atoms with E-state index in [2.05, 4.69) is 27.4 Å². The average Bonchev–Trinajstić information content (AvgIpc) is 2.02. The molecular formula is C13H20O. The number of carbonyl (C=O) groups is 1. The zero-order chi connectivity index (χ0) is 10.8. The minimum absolute atomic E-state index is 0.0719. The van der Waals surface area contributed by atoms with Gasteiger partial charge in [0.1, 0.15) is 0 Å². The SMILES string of the molecule is C=CCC(=O)C1=C(C)CCCC1(C)C. The minimum atomic E-state index is 0.0719. The molecule has 1 heteroatoms. The van der Waals surface area contributed by atoms with E-state index in [1.165, 1.54) is 12.0 Å². The molecule has 14 heavy (non-hydrogen) atoms. The maximum absolute atomic E-state index is 11.9. The first-order valence-corrected chi connectivity index (χ1v) is 5.33. The molecule has 0 bridgehead atoms. The van der Waals surface area contributed by atoms with Gasteiger partial charge in [-0.1, -0.05) is 25.5 Å². The molecule has 0 spiro atoms. The number of hydrogen-bond donors (Lipinski definition) is 0. The maximum atomic E-state index is 11.9. The topological polar surface area (TPSA) is 17.1 Å². The van der Waals surface area contributed by atoms with E-state index in [0.29, 0.717) is 6.42 Å². The second kappa shape index (κ2) is 4.12. The van der Waals surface area contributed by atoms with Crippen molar-refractivity contribution in [3.63, 3.8) is 0 Å². The first kappa shape index (κ1) is 11.2. The zero-order valence-corrected chi connectivity index (χ0v) is 9.52. The highest BCUT2D eigenvalue weighted by atomic mass is 16.1. The second-order valence-corrected chi connectivity index (χ2v) is 4.81. The lowest BCUT2D eigenvalue weighted by molar-refractivity contribution is -0.116. The number of hydrogen-bond acceptors (Lipinski definition) is 1. The van der Waals surface area contributed by atoms with Crippen molar-refractivity contribution in [1.82, 2.24) is 0 Å². The third kappa shape index (κ3) is 2.14. The molecule has 1 rings (SSSR count).